The fourth-order valence-corrected chi connectivity index (χ4v) is 8.39. The van der Waals surface area contributed by atoms with Gasteiger partial charge in [0.1, 0.15) is 36.3 Å². The maximum absolute atomic E-state index is 13.0. The summed E-state index contributed by atoms with van der Waals surface area (Å²) in [5, 5.41) is 0. The van der Waals surface area contributed by atoms with E-state index in [2.05, 4.69) is 39.5 Å². The Kier molecular flexibility index (Phi) is 19.9. The zero-order valence-electron chi connectivity index (χ0n) is 36.6. The van der Waals surface area contributed by atoms with E-state index in [9.17, 15) is 18.4 Å². The van der Waals surface area contributed by atoms with E-state index in [0.29, 0.717) is 36.3 Å². The van der Waals surface area contributed by atoms with Gasteiger partial charge in [-0.15, -0.1) is 11.6 Å². The molecule has 0 bridgehead atoms. The van der Waals surface area contributed by atoms with Crippen LogP contribution in [0.5, 0.6) is 11.5 Å². The summed E-state index contributed by atoms with van der Waals surface area (Å²) in [6, 6.07) is 12.1. The van der Waals surface area contributed by atoms with Crippen LogP contribution in [0.2, 0.25) is 0 Å². The van der Waals surface area contributed by atoms with Gasteiger partial charge in [-0.2, -0.15) is 0 Å². The second kappa shape index (κ2) is 26.2. The Bertz CT molecular complexity index is 2000. The number of rotatable bonds is 15. The number of nitrogens with zero attached hydrogens (tertiary/aromatic N) is 9. The highest BCUT2D eigenvalue weighted by molar-refractivity contribution is 6.18. The van der Waals surface area contributed by atoms with E-state index in [1.165, 1.54) is 82.1 Å². The molecular formula is C46H65ClF2N10O4. The zero-order valence-corrected chi connectivity index (χ0v) is 37.4. The molecule has 2 aromatic heterocycles. The van der Waals surface area contributed by atoms with Crippen LogP contribution in [0.15, 0.2) is 82.9 Å². The van der Waals surface area contributed by atoms with E-state index >= 15 is 0 Å². The molecule has 4 aliphatic rings. The number of aromatic nitrogens is 4. The number of piperazine rings is 2. The molecular weight excluding hydrogens is 830 g/mol. The van der Waals surface area contributed by atoms with E-state index in [-0.39, 0.29) is 22.8 Å². The predicted molar refractivity (Wildman–Crippen MR) is 246 cm³/mol. The van der Waals surface area contributed by atoms with Gasteiger partial charge in [0.25, 0.3) is 11.1 Å². The van der Waals surface area contributed by atoms with Gasteiger partial charge < -0.3 is 38.6 Å². The number of piperidine rings is 2. The second-order valence-corrected chi connectivity index (χ2v) is 16.6. The van der Waals surface area contributed by atoms with Crippen molar-refractivity contribution < 1.29 is 18.3 Å². The lowest BCUT2D eigenvalue weighted by molar-refractivity contribution is 0.200. The number of hydrogen-bond donors (Lipinski definition) is 1. The van der Waals surface area contributed by atoms with E-state index in [1.54, 1.807) is 47.4 Å². The molecule has 4 aromatic rings. The molecule has 1 N–H and O–H groups in total. The minimum Gasteiger partial charge on any atom is -0.492 e. The number of nitrogens with one attached hydrogen (secondary N) is 1. The van der Waals surface area contributed by atoms with Crippen LogP contribution in [0.4, 0.5) is 20.4 Å². The van der Waals surface area contributed by atoms with Crippen LogP contribution in [0, 0.1) is 11.6 Å². The fraction of sp³-hybridized carbons (Fsp3) is 0.565. The van der Waals surface area contributed by atoms with E-state index in [4.69, 9.17) is 21.1 Å². The minimum absolute atomic E-state index is 0.00704. The maximum atomic E-state index is 13.0. The van der Waals surface area contributed by atoms with Gasteiger partial charge >= 0.3 is 0 Å². The largest absolute Gasteiger partial charge is 0.492 e. The smallest absolute Gasteiger partial charge is 0.293 e. The van der Waals surface area contributed by atoms with Crippen LogP contribution in [0.1, 0.15) is 38.5 Å². The zero-order chi connectivity index (χ0) is 44.1. The van der Waals surface area contributed by atoms with Gasteiger partial charge in [-0.3, -0.25) is 19.4 Å². The van der Waals surface area contributed by atoms with Gasteiger partial charge in [0.2, 0.25) is 0 Å². The highest BCUT2D eigenvalue weighted by Crippen LogP contribution is 2.15. The topological polar surface area (TPSA) is 119 Å². The number of aromatic amines is 1. The number of benzene rings is 2. The van der Waals surface area contributed by atoms with Crippen molar-refractivity contribution in [3.63, 3.8) is 0 Å². The number of ether oxygens (including phenoxy) is 2. The van der Waals surface area contributed by atoms with Crippen LogP contribution >= 0.6 is 11.6 Å². The molecule has 14 nitrogen and oxygen atoms in total. The van der Waals surface area contributed by atoms with Crippen molar-refractivity contribution in [3.8, 4) is 11.5 Å². The average molecular weight is 896 g/mol. The lowest BCUT2D eigenvalue weighted by atomic mass is 10.1. The molecule has 17 heteroatoms. The average Bonchev–Trinajstić information content (AvgIpc) is 3.32. The summed E-state index contributed by atoms with van der Waals surface area (Å²) in [6.45, 7) is 16.7. The third kappa shape index (κ3) is 16.2. The van der Waals surface area contributed by atoms with Gasteiger partial charge in [-0.1, -0.05) is 12.8 Å². The highest BCUT2D eigenvalue weighted by atomic mass is 35.5. The molecule has 0 amide bonds. The molecule has 344 valence electrons. The molecule has 0 unspecified atom stereocenters. The summed E-state index contributed by atoms with van der Waals surface area (Å²) in [6.07, 6.45) is 14.7. The van der Waals surface area contributed by atoms with Crippen molar-refractivity contribution in [2.24, 2.45) is 0 Å². The van der Waals surface area contributed by atoms with Crippen molar-refractivity contribution >= 4 is 23.2 Å². The summed E-state index contributed by atoms with van der Waals surface area (Å²) in [5.74, 6) is 2.66. The van der Waals surface area contributed by atoms with Crippen LogP contribution in [-0.4, -0.2) is 163 Å². The van der Waals surface area contributed by atoms with Crippen LogP contribution < -0.4 is 30.4 Å². The summed E-state index contributed by atoms with van der Waals surface area (Å²) >= 11 is 5.59. The number of likely N-dealkylation sites (tertiary alicyclic amines) is 2. The number of anilines is 2. The molecule has 0 radical (unpaired) electrons. The SMILES string of the molecule is ClCCN1CCCCC1.O=c1[nH]ccnc1N1CCN(CCOc2ccc(F)cc2)CC1.O=c1c(N2CCN(CCOc3ccc(F)cc3)CC2)nccn1CCN1CCCCC1. The van der Waals surface area contributed by atoms with Gasteiger partial charge in [0.05, 0.1) is 0 Å². The Hall–Kier alpha value is -4.61. The molecule has 6 heterocycles. The van der Waals surface area contributed by atoms with Crippen LogP contribution in [0.3, 0.4) is 0 Å². The van der Waals surface area contributed by atoms with Crippen molar-refractivity contribution in [2.75, 3.05) is 134 Å². The Labute approximate surface area is 375 Å². The molecule has 4 saturated heterocycles. The van der Waals surface area contributed by atoms with Crippen molar-refractivity contribution in [1.82, 2.24) is 39.1 Å². The molecule has 4 aliphatic heterocycles. The Morgan fingerprint density at radius 3 is 1.49 bits per heavy atom. The number of H-pyrrole nitrogens is 1. The van der Waals surface area contributed by atoms with E-state index in [1.807, 2.05) is 4.90 Å². The van der Waals surface area contributed by atoms with Gasteiger partial charge in [0, 0.05) is 116 Å². The third-order valence-electron chi connectivity index (χ3n) is 11.9. The van der Waals surface area contributed by atoms with E-state index < -0.39 is 0 Å². The van der Waals surface area contributed by atoms with Crippen LogP contribution in [0.25, 0.3) is 0 Å². The Balaban J connectivity index is 0.000000180. The summed E-state index contributed by atoms with van der Waals surface area (Å²) in [4.78, 5) is 49.4. The lowest BCUT2D eigenvalue weighted by Gasteiger charge is -2.35. The summed E-state index contributed by atoms with van der Waals surface area (Å²) in [7, 11) is 0. The summed E-state index contributed by atoms with van der Waals surface area (Å²) < 4.78 is 38.9. The first-order valence-corrected chi connectivity index (χ1v) is 23.2. The van der Waals surface area contributed by atoms with E-state index in [0.717, 1.165) is 104 Å². The quantitative estimate of drug-likeness (QED) is 0.164. The molecule has 2 aromatic carbocycles. The third-order valence-corrected chi connectivity index (χ3v) is 12.0. The Morgan fingerprint density at radius 1 is 0.540 bits per heavy atom. The second-order valence-electron chi connectivity index (χ2n) is 16.2. The summed E-state index contributed by atoms with van der Waals surface area (Å²) in [5.41, 5.74) is -0.145. The first-order chi connectivity index (χ1) is 30.8. The first-order valence-electron chi connectivity index (χ1n) is 22.7. The van der Waals surface area contributed by atoms with Gasteiger partial charge in [0.15, 0.2) is 11.6 Å². The van der Waals surface area contributed by atoms with Crippen molar-refractivity contribution in [1.29, 1.82) is 0 Å². The van der Waals surface area contributed by atoms with Crippen molar-refractivity contribution in [2.45, 2.75) is 45.1 Å². The molecule has 8 rings (SSSR count). The molecule has 4 fully saturated rings. The normalized spacial score (nSPS) is 17.9. The molecule has 0 aliphatic carbocycles. The molecule has 0 atom stereocenters. The predicted octanol–water partition coefficient (Wildman–Crippen LogP) is 4.89. The molecule has 63 heavy (non-hydrogen) atoms. The monoisotopic (exact) mass is 894 g/mol. The standard InChI is InChI=1S/C23H32FN5O2.C16H19FN4O2.C7H14ClN/c24-20-4-6-21(7-5-20)31-19-18-27-12-15-28(16-13-27)22-23(30)29(11-8-25-22)17-14-26-9-2-1-3-10-26;17-13-1-3-14(4-2-13)23-12-11-20-7-9-21(10-8-20)15-16(22)19-6-5-18-15;8-4-7-9-5-2-1-3-6-9/h4-8,11H,1-3,9-10,12-19H2;1-6H,7-12H2,(H,19,22);1-7H2. The number of hydrogen-bond acceptors (Lipinski definition) is 12. The molecule has 0 spiro atoms. The first kappa shape index (κ1) is 47.9. The number of halogens is 3. The van der Waals surface area contributed by atoms with Gasteiger partial charge in [-0.05, 0) is 100 Å². The minimum atomic E-state index is -0.266. The fourth-order valence-electron chi connectivity index (χ4n) is 8.15. The molecule has 0 saturated carbocycles. The highest BCUT2D eigenvalue weighted by Gasteiger charge is 2.22. The Morgan fingerprint density at radius 2 is 1.00 bits per heavy atom. The van der Waals surface area contributed by atoms with Crippen molar-refractivity contribution in [3.05, 3.63) is 106 Å². The maximum Gasteiger partial charge on any atom is 0.293 e. The van der Waals surface area contributed by atoms with Gasteiger partial charge in [-0.25, -0.2) is 18.7 Å². The lowest BCUT2D eigenvalue weighted by Crippen LogP contribution is -2.49. The number of alkyl halides is 1. The van der Waals surface area contributed by atoms with Crippen LogP contribution in [-0.2, 0) is 6.54 Å².